The van der Waals surface area contributed by atoms with Crippen molar-refractivity contribution in [3.8, 4) is 0 Å². The Bertz CT molecular complexity index is 472. The van der Waals surface area contributed by atoms with E-state index in [0.717, 1.165) is 5.82 Å². The van der Waals surface area contributed by atoms with E-state index in [9.17, 15) is 4.79 Å². The van der Waals surface area contributed by atoms with Crippen LogP contribution < -0.4 is 5.32 Å². The summed E-state index contributed by atoms with van der Waals surface area (Å²) in [5.74, 6) is 1.65. The molecule has 1 unspecified atom stereocenters. The summed E-state index contributed by atoms with van der Waals surface area (Å²) in [6.07, 6.45) is 12.4. The van der Waals surface area contributed by atoms with E-state index < -0.39 is 0 Å². The van der Waals surface area contributed by atoms with Crippen molar-refractivity contribution in [1.82, 2.24) is 20.1 Å². The number of nitrogens with zero attached hydrogens (tertiary/aromatic N) is 3. The topological polar surface area (TPSA) is 59.8 Å². The summed E-state index contributed by atoms with van der Waals surface area (Å²) in [7, 11) is 0. The molecule has 1 amide bonds. The first-order valence-corrected chi connectivity index (χ1v) is 8.43. The van der Waals surface area contributed by atoms with Crippen LogP contribution in [0.2, 0.25) is 0 Å². The van der Waals surface area contributed by atoms with Gasteiger partial charge in [0.25, 0.3) is 0 Å². The van der Waals surface area contributed by atoms with Gasteiger partial charge in [0.05, 0.1) is 6.04 Å². The van der Waals surface area contributed by atoms with E-state index in [2.05, 4.69) is 20.1 Å². The highest BCUT2D eigenvalue weighted by atomic mass is 16.1. The smallest absolute Gasteiger partial charge is 0.220 e. The van der Waals surface area contributed by atoms with E-state index in [0.29, 0.717) is 18.4 Å². The summed E-state index contributed by atoms with van der Waals surface area (Å²) >= 11 is 0. The van der Waals surface area contributed by atoms with Crippen LogP contribution in [0.3, 0.4) is 0 Å². The fourth-order valence-corrected chi connectivity index (χ4v) is 3.87. The molecule has 0 bridgehead atoms. The highest BCUT2D eigenvalue weighted by Crippen LogP contribution is 2.31. The third-order valence-electron chi connectivity index (χ3n) is 5.03. The summed E-state index contributed by atoms with van der Waals surface area (Å²) < 4.78 is 2.17. The van der Waals surface area contributed by atoms with Crippen LogP contribution in [0.4, 0.5) is 0 Å². The van der Waals surface area contributed by atoms with Crippen molar-refractivity contribution < 1.29 is 4.79 Å². The van der Waals surface area contributed by atoms with E-state index >= 15 is 0 Å². The summed E-state index contributed by atoms with van der Waals surface area (Å²) in [6.45, 7) is 2.02. The normalized spacial score (nSPS) is 21.8. The van der Waals surface area contributed by atoms with Gasteiger partial charge in [0.1, 0.15) is 6.33 Å². The quantitative estimate of drug-likeness (QED) is 0.906. The zero-order valence-corrected chi connectivity index (χ0v) is 12.9. The predicted octanol–water partition coefficient (Wildman–Crippen LogP) is 3.15. The van der Waals surface area contributed by atoms with Crippen LogP contribution in [0.15, 0.2) is 6.33 Å². The Balaban J connectivity index is 1.58. The highest BCUT2D eigenvalue weighted by molar-refractivity contribution is 5.76. The lowest BCUT2D eigenvalue weighted by Gasteiger charge is -2.19. The summed E-state index contributed by atoms with van der Waals surface area (Å²) in [6, 6.07) is 0.464. The van der Waals surface area contributed by atoms with E-state index in [4.69, 9.17) is 0 Å². The minimum atomic E-state index is -0.0537. The van der Waals surface area contributed by atoms with Gasteiger partial charge < -0.3 is 9.88 Å². The molecular weight excluding hydrogens is 264 g/mol. The van der Waals surface area contributed by atoms with Crippen molar-refractivity contribution in [3.05, 3.63) is 12.2 Å². The van der Waals surface area contributed by atoms with Gasteiger partial charge in [-0.1, -0.05) is 25.7 Å². The number of rotatable bonds is 5. The van der Waals surface area contributed by atoms with Crippen LogP contribution in [0.5, 0.6) is 0 Å². The van der Waals surface area contributed by atoms with E-state index in [1.165, 1.54) is 51.4 Å². The molecule has 0 aromatic carbocycles. The molecule has 1 aromatic rings. The van der Waals surface area contributed by atoms with Crippen molar-refractivity contribution in [2.75, 3.05) is 0 Å². The first-order valence-electron chi connectivity index (χ1n) is 8.43. The van der Waals surface area contributed by atoms with Crippen LogP contribution in [0, 0.1) is 5.92 Å². The van der Waals surface area contributed by atoms with Gasteiger partial charge in [-0.15, -0.1) is 10.2 Å². The zero-order chi connectivity index (χ0) is 14.7. The second kappa shape index (κ2) is 6.58. The van der Waals surface area contributed by atoms with Gasteiger partial charge in [0.2, 0.25) is 5.91 Å². The second-order valence-corrected chi connectivity index (χ2v) is 6.68. The average molecular weight is 290 g/mol. The van der Waals surface area contributed by atoms with Gasteiger partial charge in [0, 0.05) is 12.5 Å². The standard InChI is InChI=1S/C16H26N4O/c1-12(18-15(21)10-13-6-2-3-7-13)16-19-17-11-20(16)14-8-4-5-9-14/h11-14H,2-10H2,1H3,(H,18,21). The molecule has 0 aliphatic heterocycles. The maximum Gasteiger partial charge on any atom is 0.220 e. The van der Waals surface area contributed by atoms with Crippen LogP contribution in [-0.4, -0.2) is 20.7 Å². The molecule has 21 heavy (non-hydrogen) atoms. The zero-order valence-electron chi connectivity index (χ0n) is 12.9. The second-order valence-electron chi connectivity index (χ2n) is 6.68. The molecule has 1 heterocycles. The van der Waals surface area contributed by atoms with Gasteiger partial charge in [-0.3, -0.25) is 4.79 Å². The maximum absolute atomic E-state index is 12.2. The number of carbonyl (C=O) groups is 1. The predicted molar refractivity (Wildman–Crippen MR) is 80.7 cm³/mol. The maximum atomic E-state index is 12.2. The van der Waals surface area contributed by atoms with Gasteiger partial charge >= 0.3 is 0 Å². The molecule has 0 spiro atoms. The Morgan fingerprint density at radius 1 is 1.29 bits per heavy atom. The van der Waals surface area contributed by atoms with Gasteiger partial charge in [-0.25, -0.2) is 0 Å². The van der Waals surface area contributed by atoms with Crippen LogP contribution in [0.1, 0.15) is 82.6 Å². The molecule has 2 saturated carbocycles. The Labute approximate surface area is 126 Å². The van der Waals surface area contributed by atoms with Crippen molar-refractivity contribution in [2.45, 2.75) is 76.8 Å². The lowest BCUT2D eigenvalue weighted by Crippen LogP contribution is -2.30. The molecule has 2 aliphatic rings. The third-order valence-corrected chi connectivity index (χ3v) is 5.03. The monoisotopic (exact) mass is 290 g/mol. The van der Waals surface area contributed by atoms with Crippen molar-refractivity contribution in [1.29, 1.82) is 0 Å². The summed E-state index contributed by atoms with van der Waals surface area (Å²) in [5.41, 5.74) is 0. The number of carbonyl (C=O) groups excluding carboxylic acids is 1. The van der Waals surface area contributed by atoms with Crippen molar-refractivity contribution in [2.24, 2.45) is 5.92 Å². The first kappa shape index (κ1) is 14.5. The van der Waals surface area contributed by atoms with Crippen molar-refractivity contribution >= 4 is 5.91 Å². The fraction of sp³-hybridized carbons (Fsp3) is 0.812. The van der Waals surface area contributed by atoms with Crippen molar-refractivity contribution in [3.63, 3.8) is 0 Å². The SMILES string of the molecule is CC(NC(=O)CC1CCCC1)c1nncn1C1CCCC1. The number of hydrogen-bond donors (Lipinski definition) is 1. The Kier molecular flexibility index (Phi) is 4.56. The number of nitrogens with one attached hydrogen (secondary N) is 1. The fourth-order valence-electron chi connectivity index (χ4n) is 3.87. The first-order chi connectivity index (χ1) is 10.2. The molecule has 5 heteroatoms. The highest BCUT2D eigenvalue weighted by Gasteiger charge is 2.24. The number of hydrogen-bond acceptors (Lipinski definition) is 3. The van der Waals surface area contributed by atoms with Gasteiger partial charge in [-0.05, 0) is 38.5 Å². The summed E-state index contributed by atoms with van der Waals surface area (Å²) in [5, 5.41) is 11.4. The Morgan fingerprint density at radius 3 is 2.67 bits per heavy atom. The molecule has 2 aliphatic carbocycles. The van der Waals surface area contributed by atoms with E-state index in [1.807, 2.05) is 13.3 Å². The summed E-state index contributed by atoms with van der Waals surface area (Å²) in [4.78, 5) is 12.2. The largest absolute Gasteiger partial charge is 0.346 e. The molecule has 2 fully saturated rings. The van der Waals surface area contributed by atoms with Gasteiger partial charge in [-0.2, -0.15) is 0 Å². The minimum Gasteiger partial charge on any atom is -0.346 e. The molecule has 1 aromatic heterocycles. The lowest BCUT2D eigenvalue weighted by atomic mass is 10.0. The molecule has 1 N–H and O–H groups in total. The molecular formula is C16H26N4O. The van der Waals surface area contributed by atoms with Crippen LogP contribution in [-0.2, 0) is 4.79 Å². The molecule has 1 atom stereocenters. The number of aromatic nitrogens is 3. The molecule has 0 radical (unpaired) electrons. The Hall–Kier alpha value is -1.39. The van der Waals surface area contributed by atoms with Crippen LogP contribution in [0.25, 0.3) is 0 Å². The van der Waals surface area contributed by atoms with E-state index in [1.54, 1.807) is 0 Å². The average Bonchev–Trinajstić information content (AvgIpc) is 3.20. The molecule has 116 valence electrons. The minimum absolute atomic E-state index is 0.0537. The van der Waals surface area contributed by atoms with Gasteiger partial charge in [0.15, 0.2) is 5.82 Å². The van der Waals surface area contributed by atoms with E-state index in [-0.39, 0.29) is 11.9 Å². The van der Waals surface area contributed by atoms with Crippen LogP contribution >= 0.6 is 0 Å². The third kappa shape index (κ3) is 3.44. The molecule has 0 saturated heterocycles. The molecule has 3 rings (SSSR count). The molecule has 5 nitrogen and oxygen atoms in total. The Morgan fingerprint density at radius 2 is 1.95 bits per heavy atom. The number of amides is 1. The lowest BCUT2D eigenvalue weighted by molar-refractivity contribution is -0.122.